The summed E-state index contributed by atoms with van der Waals surface area (Å²) in [6.07, 6.45) is -2.99. The maximum Gasteiger partial charge on any atom is 0.427 e. The number of halogens is 3. The van der Waals surface area contributed by atoms with Crippen molar-refractivity contribution in [2.24, 2.45) is 5.92 Å². The molecule has 2 aliphatic heterocycles. The topological polar surface area (TPSA) is 214 Å². The van der Waals surface area contributed by atoms with E-state index >= 15 is 0 Å². The third-order valence-electron chi connectivity index (χ3n) is 12.7. The second kappa shape index (κ2) is 18.4. The Kier molecular flexibility index (Phi) is 13.5. The number of aromatic nitrogens is 2. The van der Waals surface area contributed by atoms with Gasteiger partial charge in [0.05, 0.1) is 54.3 Å². The van der Waals surface area contributed by atoms with E-state index in [1.54, 1.807) is 61.7 Å². The van der Waals surface area contributed by atoms with Crippen LogP contribution in [0.5, 0.6) is 17.4 Å². The van der Waals surface area contributed by atoms with Crippen LogP contribution >= 0.6 is 0 Å². The van der Waals surface area contributed by atoms with E-state index in [0.29, 0.717) is 73.2 Å². The molecule has 1 saturated heterocycles. The summed E-state index contributed by atoms with van der Waals surface area (Å²) in [4.78, 5) is 67.5. The molecule has 3 N–H and O–H groups in total. The predicted molar refractivity (Wildman–Crippen MR) is 237 cm³/mol. The molecule has 4 amide bonds. The number of sulfonamides is 1. The number of methoxy groups -OCH3 is 1. The van der Waals surface area contributed by atoms with Crippen molar-refractivity contribution in [1.29, 1.82) is 0 Å². The van der Waals surface area contributed by atoms with E-state index in [2.05, 4.69) is 20.3 Å². The number of allylic oxidation sites excluding steroid dienone is 1. The highest BCUT2D eigenvalue weighted by atomic mass is 32.2. The molecule has 0 unspecified atom stereocenters. The lowest BCUT2D eigenvalue weighted by Crippen LogP contribution is -2.60. The van der Waals surface area contributed by atoms with Gasteiger partial charge in [0.15, 0.2) is 0 Å². The summed E-state index contributed by atoms with van der Waals surface area (Å²) in [5.41, 5.74) is -3.81. The number of fused-ring (bicyclic) bond motifs is 3. The van der Waals surface area contributed by atoms with Gasteiger partial charge in [-0.15, -0.1) is 0 Å². The number of carbonyl (C=O) groups is 4. The Labute approximate surface area is 386 Å². The van der Waals surface area contributed by atoms with Crippen molar-refractivity contribution in [3.8, 4) is 28.8 Å². The van der Waals surface area contributed by atoms with Gasteiger partial charge < -0.3 is 39.2 Å². The predicted octanol–water partition coefficient (Wildman–Crippen LogP) is 5.89. The number of pyridine rings is 2. The van der Waals surface area contributed by atoms with Gasteiger partial charge >= 0.3 is 12.3 Å². The second-order valence-corrected chi connectivity index (χ2v) is 21.0. The van der Waals surface area contributed by atoms with Gasteiger partial charge in [-0.3, -0.25) is 24.1 Å². The maximum absolute atomic E-state index is 14.9. The molecule has 1 aromatic carbocycles. The number of nitrogens with one attached hydrogen (secondary N) is 3. The average molecular weight is 959 g/mol. The first-order valence-electron chi connectivity index (χ1n) is 22.2. The Hall–Kier alpha value is -5.70. The van der Waals surface area contributed by atoms with Gasteiger partial charge in [-0.2, -0.15) is 13.2 Å². The molecule has 67 heavy (non-hydrogen) atoms. The molecule has 0 spiro atoms. The van der Waals surface area contributed by atoms with Gasteiger partial charge in [-0.25, -0.2) is 18.2 Å². The minimum atomic E-state index is -4.97. The van der Waals surface area contributed by atoms with E-state index < -0.39 is 92.2 Å². The van der Waals surface area contributed by atoms with Crippen LogP contribution in [-0.4, -0.2) is 119 Å². The second-order valence-electron chi connectivity index (χ2n) is 18.8. The molecule has 4 aliphatic rings. The summed E-state index contributed by atoms with van der Waals surface area (Å²) >= 11 is 0. The Morgan fingerprint density at radius 2 is 1.76 bits per heavy atom. The van der Waals surface area contributed by atoms with Crippen molar-refractivity contribution in [2.45, 2.75) is 146 Å². The van der Waals surface area contributed by atoms with Crippen LogP contribution in [0.2, 0.25) is 0 Å². The molecule has 2 aromatic heterocycles. The molecular weight excluding hydrogens is 902 g/mol. The van der Waals surface area contributed by atoms with E-state index in [1.165, 1.54) is 21.0 Å². The first kappa shape index (κ1) is 49.2. The SMILES string of the molecule is COc1ccc2c(O[C@@H]3C[C@H]4C(=O)N[C@]5(C(=O)NS(=O)(=O)C6(C)CC6)C[C@H]5/C=C\CC[C@H](C)O[C@@H](C)[C@H](NC(=O)OC(C)(C)C(F)(F)F)C(=O)N4C3)nc(-c3ccc(OC(C)C)cn3)cc2c1. The molecule has 2 saturated carbocycles. The minimum Gasteiger partial charge on any atom is -0.497 e. The third-order valence-corrected chi connectivity index (χ3v) is 14.9. The van der Waals surface area contributed by atoms with Crippen LogP contribution in [0.4, 0.5) is 18.0 Å². The number of hydrogen-bond acceptors (Lipinski definition) is 13. The fraction of sp³-hybridized carbons (Fsp3) is 0.565. The molecule has 2 aliphatic carbocycles. The fourth-order valence-corrected chi connectivity index (χ4v) is 9.45. The average Bonchev–Trinajstić information content (AvgIpc) is 4.13. The minimum absolute atomic E-state index is 0.0484. The standard InChI is InChI=1S/C46H57F3N6O11S/c1-25(2)63-31-14-16-34(50-23-31)35-20-28-19-30(62-8)13-15-33(28)39(51-35)65-32-21-36-38(56)53-45(41(58)54-67(60,61)44(7)17-18-44)22-29(45)12-10-9-11-26(3)64-27(4)37(40(57)55(36)24-32)52-42(59)66-43(5,6)46(47,48)49/h10,12-16,19-20,23,25-27,29,32,36-37H,9,11,17-18,21-22,24H2,1-8H3,(H,52,59)(H,53,56)(H,54,58)/b12-10-/t26-,27-,29+,32+,36-,37-,45+/m0/s1. The van der Waals surface area contributed by atoms with Gasteiger partial charge in [0.25, 0.3) is 5.91 Å². The normalized spacial score (nSPS) is 27.1. The zero-order chi connectivity index (χ0) is 48.9. The maximum atomic E-state index is 14.9. The van der Waals surface area contributed by atoms with Crippen LogP contribution < -0.4 is 29.6 Å². The summed E-state index contributed by atoms with van der Waals surface area (Å²) in [5, 5.41) is 6.24. The van der Waals surface area contributed by atoms with Crippen LogP contribution in [0.25, 0.3) is 22.2 Å². The van der Waals surface area contributed by atoms with E-state index in [9.17, 15) is 40.8 Å². The lowest BCUT2D eigenvalue weighted by molar-refractivity contribution is -0.244. The Morgan fingerprint density at radius 1 is 1.04 bits per heavy atom. The smallest absolute Gasteiger partial charge is 0.427 e. The number of alkyl carbamates (subject to hydrolysis) is 1. The lowest BCUT2D eigenvalue weighted by atomic mass is 10.1. The van der Waals surface area contributed by atoms with Gasteiger partial charge in [0.2, 0.25) is 33.3 Å². The van der Waals surface area contributed by atoms with Gasteiger partial charge in [0, 0.05) is 17.7 Å². The Balaban J connectivity index is 1.26. The van der Waals surface area contributed by atoms with Crippen molar-refractivity contribution in [3.63, 3.8) is 0 Å². The Morgan fingerprint density at radius 3 is 2.40 bits per heavy atom. The van der Waals surface area contributed by atoms with E-state index in [-0.39, 0.29) is 31.4 Å². The highest BCUT2D eigenvalue weighted by Gasteiger charge is 2.63. The molecule has 364 valence electrons. The van der Waals surface area contributed by atoms with Crippen LogP contribution in [0.3, 0.4) is 0 Å². The number of hydrogen-bond donors (Lipinski definition) is 3. The molecule has 0 bridgehead atoms. The fourth-order valence-electron chi connectivity index (χ4n) is 8.13. The van der Waals surface area contributed by atoms with Crippen LogP contribution in [0, 0.1) is 5.92 Å². The summed E-state index contributed by atoms with van der Waals surface area (Å²) in [6.45, 7) is 9.47. The summed E-state index contributed by atoms with van der Waals surface area (Å²) in [6, 6.07) is 7.33. The number of alkyl halides is 3. The van der Waals surface area contributed by atoms with Crippen molar-refractivity contribution in [1.82, 2.24) is 30.2 Å². The molecule has 17 nitrogen and oxygen atoms in total. The van der Waals surface area contributed by atoms with Crippen LogP contribution in [-0.2, 0) is 33.9 Å². The van der Waals surface area contributed by atoms with Crippen molar-refractivity contribution in [2.75, 3.05) is 13.7 Å². The summed E-state index contributed by atoms with van der Waals surface area (Å²) < 4.78 is 98.1. The zero-order valence-corrected chi connectivity index (χ0v) is 39.4. The molecule has 0 radical (unpaired) electrons. The Bertz CT molecular complexity index is 2540. The number of benzene rings is 1. The highest BCUT2D eigenvalue weighted by molar-refractivity contribution is 7.91. The number of ether oxygens (including phenoxy) is 5. The molecule has 4 heterocycles. The molecule has 7 atom stereocenters. The van der Waals surface area contributed by atoms with Gasteiger partial charge in [0.1, 0.15) is 35.2 Å². The molecule has 21 heteroatoms. The van der Waals surface area contributed by atoms with Crippen molar-refractivity contribution < 1.29 is 64.5 Å². The number of amides is 4. The third kappa shape index (κ3) is 10.6. The molecule has 3 fully saturated rings. The number of rotatable bonds is 11. The van der Waals surface area contributed by atoms with E-state index in [1.807, 2.05) is 13.8 Å². The lowest BCUT2D eigenvalue weighted by Gasteiger charge is -2.34. The van der Waals surface area contributed by atoms with Gasteiger partial charge in [-0.05, 0) is 122 Å². The highest BCUT2D eigenvalue weighted by Crippen LogP contribution is 2.48. The van der Waals surface area contributed by atoms with E-state index in [4.69, 9.17) is 28.7 Å². The molecular formula is C46H57F3N6O11S. The van der Waals surface area contributed by atoms with Gasteiger partial charge in [-0.1, -0.05) is 12.2 Å². The largest absolute Gasteiger partial charge is 0.497 e. The number of nitrogens with zero attached hydrogens (tertiary/aromatic N) is 3. The zero-order valence-electron chi connectivity index (χ0n) is 38.6. The van der Waals surface area contributed by atoms with Crippen LogP contribution in [0.15, 0.2) is 54.7 Å². The van der Waals surface area contributed by atoms with Crippen LogP contribution in [0.1, 0.15) is 87.0 Å². The van der Waals surface area contributed by atoms with Crippen molar-refractivity contribution >= 4 is 44.6 Å². The molecule has 3 aromatic rings. The van der Waals surface area contributed by atoms with Crippen molar-refractivity contribution in [3.05, 3.63) is 54.7 Å². The summed E-state index contributed by atoms with van der Waals surface area (Å²) in [7, 11) is -2.61. The first-order chi connectivity index (χ1) is 31.3. The van der Waals surface area contributed by atoms with E-state index in [0.717, 1.165) is 4.90 Å². The summed E-state index contributed by atoms with van der Waals surface area (Å²) in [5.74, 6) is -2.16. The monoisotopic (exact) mass is 958 g/mol. The first-order valence-corrected chi connectivity index (χ1v) is 23.7. The molecule has 7 rings (SSSR count). The number of carbonyl (C=O) groups excluding carboxylic acids is 4. The quantitative estimate of drug-likeness (QED) is 0.192.